The molecule has 21 heavy (non-hydrogen) atoms. The second-order valence-corrected chi connectivity index (χ2v) is 4.95. The molecular formula is C15H20N2O4. The van der Waals surface area contributed by atoms with E-state index in [-0.39, 0.29) is 12.3 Å². The molecule has 0 aromatic heterocycles. The molecule has 1 aliphatic heterocycles. The number of carbonyl (C=O) groups is 2. The van der Waals surface area contributed by atoms with Crippen LogP contribution in [0.15, 0.2) is 30.3 Å². The average Bonchev–Trinajstić information content (AvgIpc) is 2.52. The van der Waals surface area contributed by atoms with Crippen molar-refractivity contribution in [2.75, 3.05) is 26.3 Å². The van der Waals surface area contributed by atoms with Gasteiger partial charge in [0.25, 0.3) is 0 Å². The lowest BCUT2D eigenvalue weighted by molar-refractivity contribution is -0.144. The number of carboxylic acid groups (broad SMARTS) is 1. The minimum Gasteiger partial charge on any atom is -0.480 e. The van der Waals surface area contributed by atoms with E-state index in [4.69, 9.17) is 4.74 Å². The van der Waals surface area contributed by atoms with E-state index in [0.29, 0.717) is 32.8 Å². The summed E-state index contributed by atoms with van der Waals surface area (Å²) in [6.07, 6.45) is -0.0395. The summed E-state index contributed by atoms with van der Waals surface area (Å²) in [5.41, 5.74) is 0.988. The van der Waals surface area contributed by atoms with Crippen LogP contribution in [0.2, 0.25) is 0 Å². The van der Waals surface area contributed by atoms with Crippen molar-refractivity contribution in [3.63, 3.8) is 0 Å². The maximum Gasteiger partial charge on any atom is 0.321 e. The fourth-order valence-electron chi connectivity index (χ4n) is 2.20. The van der Waals surface area contributed by atoms with Gasteiger partial charge in [0.05, 0.1) is 19.6 Å². The van der Waals surface area contributed by atoms with Gasteiger partial charge in [-0.25, -0.2) is 0 Å². The predicted molar refractivity (Wildman–Crippen MR) is 76.7 cm³/mol. The normalized spacial score (nSPS) is 16.5. The van der Waals surface area contributed by atoms with Crippen LogP contribution in [0.1, 0.15) is 12.0 Å². The van der Waals surface area contributed by atoms with E-state index in [1.807, 2.05) is 30.3 Å². The van der Waals surface area contributed by atoms with Gasteiger partial charge in [0.15, 0.2) is 0 Å². The highest BCUT2D eigenvalue weighted by Gasteiger charge is 2.25. The van der Waals surface area contributed by atoms with Gasteiger partial charge in [0.2, 0.25) is 5.91 Å². The Morgan fingerprint density at radius 1 is 1.24 bits per heavy atom. The van der Waals surface area contributed by atoms with Crippen molar-refractivity contribution < 1.29 is 19.4 Å². The van der Waals surface area contributed by atoms with Crippen molar-refractivity contribution in [2.45, 2.75) is 19.0 Å². The number of carbonyl (C=O) groups excluding carboxylic acids is 1. The zero-order valence-corrected chi connectivity index (χ0v) is 11.8. The van der Waals surface area contributed by atoms with E-state index in [9.17, 15) is 14.7 Å². The van der Waals surface area contributed by atoms with E-state index in [2.05, 4.69) is 5.32 Å². The van der Waals surface area contributed by atoms with Crippen LogP contribution in [-0.4, -0.2) is 54.2 Å². The molecule has 1 fully saturated rings. The van der Waals surface area contributed by atoms with E-state index >= 15 is 0 Å². The summed E-state index contributed by atoms with van der Waals surface area (Å²) in [5, 5.41) is 12.2. The zero-order valence-electron chi connectivity index (χ0n) is 11.8. The highest BCUT2D eigenvalue weighted by atomic mass is 16.5. The summed E-state index contributed by atoms with van der Waals surface area (Å²) in [6.45, 7) is 2.52. The van der Waals surface area contributed by atoms with Crippen LogP contribution in [0, 0.1) is 0 Å². The number of aliphatic carboxylic acids is 1. The smallest absolute Gasteiger partial charge is 0.321 e. The summed E-state index contributed by atoms with van der Waals surface area (Å²) in [4.78, 5) is 25.0. The number of rotatable bonds is 6. The minimum absolute atomic E-state index is 0.0395. The van der Waals surface area contributed by atoms with Gasteiger partial charge in [0.1, 0.15) is 6.04 Å². The minimum atomic E-state index is -1.01. The molecule has 1 saturated heterocycles. The van der Waals surface area contributed by atoms with Crippen LogP contribution in [0.3, 0.4) is 0 Å². The maximum absolute atomic E-state index is 12.1. The predicted octanol–water partition coefficient (Wildman–Crippen LogP) is 0.478. The van der Waals surface area contributed by atoms with E-state index in [0.717, 1.165) is 5.56 Å². The molecule has 0 aliphatic carbocycles. The number of hydrogen-bond donors (Lipinski definition) is 2. The molecule has 6 heteroatoms. The summed E-state index contributed by atoms with van der Waals surface area (Å²) < 4.78 is 5.18. The first-order valence-electron chi connectivity index (χ1n) is 7.02. The molecule has 1 aliphatic rings. The van der Waals surface area contributed by atoms with Gasteiger partial charge in [-0.05, 0) is 5.56 Å². The Balaban J connectivity index is 1.86. The van der Waals surface area contributed by atoms with Crippen LogP contribution < -0.4 is 5.32 Å². The largest absolute Gasteiger partial charge is 0.480 e. The third-order valence-electron chi connectivity index (χ3n) is 3.44. The number of nitrogens with zero attached hydrogens (tertiary/aromatic N) is 1. The lowest BCUT2D eigenvalue weighted by atomic mass is 10.1. The van der Waals surface area contributed by atoms with Crippen molar-refractivity contribution in [1.82, 2.24) is 10.2 Å². The van der Waals surface area contributed by atoms with E-state index in [1.54, 1.807) is 4.90 Å². The summed E-state index contributed by atoms with van der Waals surface area (Å²) in [5.74, 6) is -1.15. The number of morpholine rings is 1. The quantitative estimate of drug-likeness (QED) is 0.797. The Morgan fingerprint density at radius 2 is 1.90 bits per heavy atom. The van der Waals surface area contributed by atoms with Crippen LogP contribution in [-0.2, 0) is 20.9 Å². The number of ether oxygens (including phenoxy) is 1. The second-order valence-electron chi connectivity index (χ2n) is 4.95. The first kappa shape index (κ1) is 15.5. The van der Waals surface area contributed by atoms with E-state index < -0.39 is 12.0 Å². The van der Waals surface area contributed by atoms with Crippen LogP contribution in [0.4, 0.5) is 0 Å². The molecule has 1 aromatic rings. The average molecular weight is 292 g/mol. The lowest BCUT2D eigenvalue weighted by Crippen LogP contribution is -2.45. The molecule has 0 spiro atoms. The molecule has 2 rings (SSSR count). The van der Waals surface area contributed by atoms with Crippen molar-refractivity contribution in [1.29, 1.82) is 0 Å². The number of nitrogens with one attached hydrogen (secondary N) is 1. The van der Waals surface area contributed by atoms with Crippen LogP contribution in [0.5, 0.6) is 0 Å². The molecule has 2 N–H and O–H groups in total. The van der Waals surface area contributed by atoms with Crippen LogP contribution >= 0.6 is 0 Å². The standard InChI is InChI=1S/C15H20N2O4/c18-14(17-6-8-21-9-7-17)10-13(15(19)20)16-11-12-4-2-1-3-5-12/h1-5,13,16H,6-11H2,(H,19,20). The molecule has 0 bridgehead atoms. The molecule has 1 amide bonds. The van der Waals surface area contributed by atoms with Gasteiger partial charge in [0, 0.05) is 19.6 Å². The summed E-state index contributed by atoms with van der Waals surface area (Å²) in [6, 6.07) is 8.64. The SMILES string of the molecule is O=C(O)C(CC(=O)N1CCOCC1)NCc1ccccc1. The Labute approximate surface area is 123 Å². The Bertz CT molecular complexity index is 472. The Morgan fingerprint density at radius 3 is 2.52 bits per heavy atom. The first-order valence-corrected chi connectivity index (χ1v) is 7.02. The summed E-state index contributed by atoms with van der Waals surface area (Å²) >= 11 is 0. The molecule has 0 saturated carbocycles. The number of hydrogen-bond acceptors (Lipinski definition) is 4. The molecule has 1 atom stereocenters. The van der Waals surface area contributed by atoms with Crippen molar-refractivity contribution in [3.8, 4) is 0 Å². The van der Waals surface area contributed by atoms with E-state index in [1.165, 1.54) is 0 Å². The molecular weight excluding hydrogens is 272 g/mol. The Hall–Kier alpha value is -1.92. The molecule has 0 radical (unpaired) electrons. The Kier molecular flexibility index (Phi) is 5.71. The maximum atomic E-state index is 12.1. The van der Waals surface area contributed by atoms with Gasteiger partial charge in [-0.1, -0.05) is 30.3 Å². The van der Waals surface area contributed by atoms with Crippen molar-refractivity contribution >= 4 is 11.9 Å². The van der Waals surface area contributed by atoms with Gasteiger partial charge >= 0.3 is 5.97 Å². The number of carboxylic acids is 1. The number of amides is 1. The topological polar surface area (TPSA) is 78.9 Å². The fourth-order valence-corrected chi connectivity index (χ4v) is 2.20. The summed E-state index contributed by atoms with van der Waals surface area (Å²) in [7, 11) is 0. The molecule has 1 aromatic carbocycles. The molecule has 6 nitrogen and oxygen atoms in total. The molecule has 1 unspecified atom stereocenters. The molecule has 1 heterocycles. The third kappa shape index (κ3) is 4.84. The first-order chi connectivity index (χ1) is 10.2. The lowest BCUT2D eigenvalue weighted by Gasteiger charge is -2.28. The van der Waals surface area contributed by atoms with Crippen molar-refractivity contribution in [2.24, 2.45) is 0 Å². The van der Waals surface area contributed by atoms with Gasteiger partial charge in [-0.15, -0.1) is 0 Å². The van der Waals surface area contributed by atoms with Gasteiger partial charge in [-0.3, -0.25) is 14.9 Å². The third-order valence-corrected chi connectivity index (χ3v) is 3.44. The second kappa shape index (κ2) is 7.75. The van der Waals surface area contributed by atoms with Crippen LogP contribution in [0.25, 0.3) is 0 Å². The molecule has 114 valence electrons. The van der Waals surface area contributed by atoms with Crippen molar-refractivity contribution in [3.05, 3.63) is 35.9 Å². The van der Waals surface area contributed by atoms with Gasteiger partial charge < -0.3 is 14.7 Å². The highest BCUT2D eigenvalue weighted by molar-refractivity contribution is 5.84. The fraction of sp³-hybridized carbons (Fsp3) is 0.467. The highest BCUT2D eigenvalue weighted by Crippen LogP contribution is 2.05. The van der Waals surface area contributed by atoms with Gasteiger partial charge in [-0.2, -0.15) is 0 Å². The zero-order chi connectivity index (χ0) is 15.1. The monoisotopic (exact) mass is 292 g/mol. The number of benzene rings is 1.